The molecule has 1 aromatic heterocycles. The van der Waals surface area contributed by atoms with Crippen LogP contribution in [0.25, 0.3) is 0 Å². The highest BCUT2D eigenvalue weighted by molar-refractivity contribution is 7.07. The maximum absolute atomic E-state index is 5.79. The molecule has 0 aliphatic heterocycles. The zero-order valence-corrected chi connectivity index (χ0v) is 9.11. The molecule has 0 aliphatic carbocycles. The molecule has 1 atom stereocenters. The quantitative estimate of drug-likeness (QED) is 0.858. The topological polar surface area (TPSA) is 35.2 Å². The molecule has 78 valence electrons. The number of thiophene rings is 1. The van der Waals surface area contributed by atoms with Crippen LogP contribution in [0, 0.1) is 0 Å². The van der Waals surface area contributed by atoms with Crippen LogP contribution >= 0.6 is 11.3 Å². The van der Waals surface area contributed by atoms with E-state index >= 15 is 0 Å². The first-order valence-electron chi connectivity index (χ1n) is 4.84. The summed E-state index contributed by atoms with van der Waals surface area (Å²) < 4.78 is 5.79. The second-order valence-electron chi connectivity index (χ2n) is 3.21. The van der Waals surface area contributed by atoms with Crippen molar-refractivity contribution in [3.8, 4) is 5.75 Å². The van der Waals surface area contributed by atoms with Crippen LogP contribution in [-0.4, -0.2) is 6.54 Å². The highest BCUT2D eigenvalue weighted by Crippen LogP contribution is 2.22. The van der Waals surface area contributed by atoms with E-state index in [1.807, 2.05) is 41.8 Å². The summed E-state index contributed by atoms with van der Waals surface area (Å²) in [7, 11) is 0. The van der Waals surface area contributed by atoms with Gasteiger partial charge in [0.1, 0.15) is 11.9 Å². The van der Waals surface area contributed by atoms with Crippen molar-refractivity contribution in [1.29, 1.82) is 0 Å². The van der Waals surface area contributed by atoms with E-state index in [0.29, 0.717) is 6.54 Å². The summed E-state index contributed by atoms with van der Waals surface area (Å²) >= 11 is 1.66. The van der Waals surface area contributed by atoms with Gasteiger partial charge in [-0.25, -0.2) is 0 Å². The van der Waals surface area contributed by atoms with E-state index in [0.717, 1.165) is 11.3 Å². The van der Waals surface area contributed by atoms with Crippen LogP contribution < -0.4 is 10.5 Å². The summed E-state index contributed by atoms with van der Waals surface area (Å²) in [5.74, 6) is 0.860. The summed E-state index contributed by atoms with van der Waals surface area (Å²) in [4.78, 5) is 0. The standard InChI is InChI=1S/C12H13NOS/c13-8-12(10-6-7-15-9-10)14-11-4-2-1-3-5-11/h1-7,9,12H,8,13H2. The first-order valence-corrected chi connectivity index (χ1v) is 5.78. The van der Waals surface area contributed by atoms with E-state index in [4.69, 9.17) is 10.5 Å². The second-order valence-corrected chi connectivity index (χ2v) is 3.99. The molecular weight excluding hydrogens is 206 g/mol. The molecule has 2 rings (SSSR count). The molecule has 3 heteroatoms. The maximum Gasteiger partial charge on any atom is 0.137 e. The molecule has 0 spiro atoms. The molecule has 0 fully saturated rings. The average molecular weight is 219 g/mol. The smallest absolute Gasteiger partial charge is 0.137 e. The number of para-hydroxylation sites is 1. The lowest BCUT2D eigenvalue weighted by atomic mass is 10.2. The monoisotopic (exact) mass is 219 g/mol. The highest BCUT2D eigenvalue weighted by Gasteiger charge is 2.11. The first-order chi connectivity index (χ1) is 7.40. The predicted molar refractivity (Wildman–Crippen MR) is 63.2 cm³/mol. The fourth-order valence-electron chi connectivity index (χ4n) is 1.37. The second kappa shape index (κ2) is 4.96. The Morgan fingerprint density at radius 3 is 2.60 bits per heavy atom. The SMILES string of the molecule is NCC(Oc1ccccc1)c1ccsc1. The fraction of sp³-hybridized carbons (Fsp3) is 0.167. The maximum atomic E-state index is 5.79. The largest absolute Gasteiger partial charge is 0.484 e. The average Bonchev–Trinajstić information content (AvgIpc) is 2.81. The Morgan fingerprint density at radius 1 is 1.20 bits per heavy atom. The molecule has 15 heavy (non-hydrogen) atoms. The number of hydrogen-bond acceptors (Lipinski definition) is 3. The number of ether oxygens (including phenoxy) is 1. The van der Waals surface area contributed by atoms with Crippen LogP contribution in [0.1, 0.15) is 11.7 Å². The van der Waals surface area contributed by atoms with Gasteiger partial charge < -0.3 is 10.5 Å². The molecule has 2 nitrogen and oxygen atoms in total. The van der Waals surface area contributed by atoms with Crippen molar-refractivity contribution in [2.75, 3.05) is 6.54 Å². The van der Waals surface area contributed by atoms with Crippen molar-refractivity contribution in [3.63, 3.8) is 0 Å². The van der Waals surface area contributed by atoms with Crippen molar-refractivity contribution in [2.45, 2.75) is 6.10 Å². The molecule has 0 saturated heterocycles. The van der Waals surface area contributed by atoms with Gasteiger partial charge in [-0.05, 0) is 29.0 Å². The van der Waals surface area contributed by atoms with E-state index in [1.165, 1.54) is 0 Å². The van der Waals surface area contributed by atoms with Crippen LogP contribution in [0.2, 0.25) is 0 Å². The highest BCUT2D eigenvalue weighted by atomic mass is 32.1. The van der Waals surface area contributed by atoms with E-state index in [1.54, 1.807) is 11.3 Å². The summed E-state index contributed by atoms with van der Waals surface area (Å²) in [5.41, 5.74) is 6.84. The van der Waals surface area contributed by atoms with Gasteiger partial charge in [-0.2, -0.15) is 11.3 Å². The van der Waals surface area contributed by atoms with Crippen molar-refractivity contribution in [1.82, 2.24) is 0 Å². The van der Waals surface area contributed by atoms with Gasteiger partial charge in [-0.15, -0.1) is 0 Å². The summed E-state index contributed by atoms with van der Waals surface area (Å²) in [6.45, 7) is 0.492. The lowest BCUT2D eigenvalue weighted by Gasteiger charge is -2.16. The lowest BCUT2D eigenvalue weighted by molar-refractivity contribution is 0.215. The molecule has 0 saturated carbocycles. The molecule has 1 heterocycles. The number of rotatable bonds is 4. The summed E-state index contributed by atoms with van der Waals surface area (Å²) in [5, 5.41) is 4.10. The van der Waals surface area contributed by atoms with Crippen molar-refractivity contribution in [3.05, 3.63) is 52.7 Å². The van der Waals surface area contributed by atoms with Crippen LogP contribution in [-0.2, 0) is 0 Å². The Labute approximate surface area is 93.3 Å². The first kappa shape index (κ1) is 10.2. The molecule has 0 bridgehead atoms. The van der Waals surface area contributed by atoms with Gasteiger partial charge in [0, 0.05) is 12.1 Å². The third-order valence-corrected chi connectivity index (χ3v) is 2.85. The Balaban J connectivity index is 2.10. The van der Waals surface area contributed by atoms with Crippen molar-refractivity contribution in [2.24, 2.45) is 5.73 Å². The van der Waals surface area contributed by atoms with E-state index in [2.05, 4.69) is 5.38 Å². The minimum absolute atomic E-state index is 0.0429. The van der Waals surface area contributed by atoms with Crippen LogP contribution in [0.4, 0.5) is 0 Å². The number of benzene rings is 1. The zero-order valence-electron chi connectivity index (χ0n) is 8.30. The van der Waals surface area contributed by atoms with Gasteiger partial charge in [0.15, 0.2) is 0 Å². The van der Waals surface area contributed by atoms with Gasteiger partial charge in [0.25, 0.3) is 0 Å². The third-order valence-electron chi connectivity index (χ3n) is 2.15. The summed E-state index contributed by atoms with van der Waals surface area (Å²) in [6.07, 6.45) is -0.0429. The minimum atomic E-state index is -0.0429. The molecule has 0 radical (unpaired) electrons. The Kier molecular flexibility index (Phi) is 3.37. The van der Waals surface area contributed by atoms with Gasteiger partial charge in [-0.3, -0.25) is 0 Å². The van der Waals surface area contributed by atoms with Crippen LogP contribution in [0.5, 0.6) is 5.75 Å². The minimum Gasteiger partial charge on any atom is -0.484 e. The summed E-state index contributed by atoms with van der Waals surface area (Å²) in [6, 6.07) is 11.8. The van der Waals surface area contributed by atoms with Gasteiger partial charge >= 0.3 is 0 Å². The number of nitrogens with two attached hydrogens (primary N) is 1. The lowest BCUT2D eigenvalue weighted by Crippen LogP contribution is -2.17. The third kappa shape index (κ3) is 2.58. The fourth-order valence-corrected chi connectivity index (χ4v) is 2.08. The molecule has 0 aliphatic rings. The Bertz CT molecular complexity index is 385. The van der Waals surface area contributed by atoms with Crippen molar-refractivity contribution >= 4 is 11.3 Å². The molecule has 1 unspecified atom stereocenters. The van der Waals surface area contributed by atoms with E-state index < -0.39 is 0 Å². The van der Waals surface area contributed by atoms with Gasteiger partial charge in [-0.1, -0.05) is 18.2 Å². The molecule has 0 amide bonds. The van der Waals surface area contributed by atoms with Crippen LogP contribution in [0.3, 0.4) is 0 Å². The molecule has 2 N–H and O–H groups in total. The normalized spacial score (nSPS) is 12.3. The zero-order chi connectivity index (χ0) is 10.5. The van der Waals surface area contributed by atoms with E-state index in [9.17, 15) is 0 Å². The Hall–Kier alpha value is -1.32. The molecular formula is C12H13NOS. The van der Waals surface area contributed by atoms with Crippen LogP contribution in [0.15, 0.2) is 47.2 Å². The molecule has 1 aromatic carbocycles. The Morgan fingerprint density at radius 2 is 2.00 bits per heavy atom. The van der Waals surface area contributed by atoms with Gasteiger partial charge in [0.05, 0.1) is 0 Å². The van der Waals surface area contributed by atoms with E-state index in [-0.39, 0.29) is 6.10 Å². The van der Waals surface area contributed by atoms with Crippen molar-refractivity contribution < 1.29 is 4.74 Å². The molecule has 2 aromatic rings. The number of hydrogen-bond donors (Lipinski definition) is 1. The predicted octanol–water partition coefficient (Wildman–Crippen LogP) is 2.83. The van der Waals surface area contributed by atoms with Gasteiger partial charge in [0.2, 0.25) is 0 Å².